The standard InChI is InChI=1S/C21H26N2O2/c24-14-16-25-15-13-22-9-11-23(12-10-22)21-19-7-3-1-5-17(19)18-6-2-4-8-20(18)21/h1-8,21,24H,9-16H2. The van der Waals surface area contributed by atoms with Gasteiger partial charge in [0.05, 0.1) is 25.9 Å². The van der Waals surface area contributed by atoms with Crippen LogP contribution in [0.1, 0.15) is 17.2 Å². The van der Waals surface area contributed by atoms with Gasteiger partial charge in [-0.05, 0) is 22.3 Å². The lowest BCUT2D eigenvalue weighted by Gasteiger charge is -2.38. The molecule has 25 heavy (non-hydrogen) atoms. The van der Waals surface area contributed by atoms with Gasteiger partial charge in [0.1, 0.15) is 0 Å². The molecule has 0 unspecified atom stereocenters. The highest BCUT2D eigenvalue weighted by molar-refractivity contribution is 5.78. The summed E-state index contributed by atoms with van der Waals surface area (Å²) in [5.74, 6) is 0. The third kappa shape index (κ3) is 3.35. The highest BCUT2D eigenvalue weighted by Gasteiger charge is 2.33. The molecule has 0 amide bonds. The largest absolute Gasteiger partial charge is 0.394 e. The zero-order valence-electron chi connectivity index (χ0n) is 14.6. The summed E-state index contributed by atoms with van der Waals surface area (Å²) in [7, 11) is 0. The fourth-order valence-corrected chi connectivity index (χ4v) is 4.13. The second-order valence-electron chi connectivity index (χ2n) is 6.79. The van der Waals surface area contributed by atoms with Crippen LogP contribution in [-0.4, -0.2) is 67.5 Å². The zero-order valence-corrected chi connectivity index (χ0v) is 14.6. The van der Waals surface area contributed by atoms with Gasteiger partial charge in [-0.3, -0.25) is 9.80 Å². The van der Waals surface area contributed by atoms with Gasteiger partial charge < -0.3 is 9.84 Å². The Hall–Kier alpha value is -1.72. The van der Waals surface area contributed by atoms with Crippen LogP contribution in [0.15, 0.2) is 48.5 Å². The fraction of sp³-hybridized carbons (Fsp3) is 0.429. The summed E-state index contributed by atoms with van der Waals surface area (Å²) < 4.78 is 5.40. The van der Waals surface area contributed by atoms with Crippen molar-refractivity contribution in [2.75, 3.05) is 52.5 Å². The molecule has 1 heterocycles. The molecule has 2 aromatic rings. The average Bonchev–Trinajstić information content (AvgIpc) is 3.00. The van der Waals surface area contributed by atoms with Crippen LogP contribution in [0.4, 0.5) is 0 Å². The number of hydrogen-bond acceptors (Lipinski definition) is 4. The van der Waals surface area contributed by atoms with Crippen LogP contribution in [0, 0.1) is 0 Å². The van der Waals surface area contributed by atoms with Crippen molar-refractivity contribution in [3.63, 3.8) is 0 Å². The first-order chi connectivity index (χ1) is 12.4. The highest BCUT2D eigenvalue weighted by Crippen LogP contribution is 2.46. The summed E-state index contributed by atoms with van der Waals surface area (Å²) >= 11 is 0. The van der Waals surface area contributed by atoms with Gasteiger partial charge in [-0.2, -0.15) is 0 Å². The summed E-state index contributed by atoms with van der Waals surface area (Å²) in [6.45, 7) is 6.50. The van der Waals surface area contributed by atoms with Crippen molar-refractivity contribution in [3.8, 4) is 11.1 Å². The monoisotopic (exact) mass is 338 g/mol. The van der Waals surface area contributed by atoms with Gasteiger partial charge in [0.2, 0.25) is 0 Å². The van der Waals surface area contributed by atoms with Crippen molar-refractivity contribution in [3.05, 3.63) is 59.7 Å². The number of rotatable bonds is 6. The third-order valence-corrected chi connectivity index (χ3v) is 5.36. The van der Waals surface area contributed by atoms with Crippen molar-refractivity contribution >= 4 is 0 Å². The lowest BCUT2D eigenvalue weighted by molar-refractivity contribution is 0.0525. The SMILES string of the molecule is OCCOCCN1CCN(C2c3ccccc3-c3ccccc32)CC1. The van der Waals surface area contributed by atoms with E-state index in [1.54, 1.807) is 0 Å². The Bertz CT molecular complexity index is 665. The minimum absolute atomic E-state index is 0.105. The van der Waals surface area contributed by atoms with Crippen molar-refractivity contribution in [2.45, 2.75) is 6.04 Å². The lowest BCUT2D eigenvalue weighted by atomic mass is 10.0. The Morgan fingerprint density at radius 1 is 0.840 bits per heavy atom. The van der Waals surface area contributed by atoms with E-state index in [9.17, 15) is 0 Å². The molecule has 0 atom stereocenters. The van der Waals surface area contributed by atoms with Gasteiger partial charge in [0.25, 0.3) is 0 Å². The predicted octanol–water partition coefficient (Wildman–Crippen LogP) is 2.38. The van der Waals surface area contributed by atoms with Crippen LogP contribution in [0.2, 0.25) is 0 Å². The minimum atomic E-state index is 0.105. The third-order valence-electron chi connectivity index (χ3n) is 5.36. The molecule has 132 valence electrons. The molecule has 2 aliphatic rings. The molecular formula is C21H26N2O2. The maximum Gasteiger partial charge on any atom is 0.0698 e. The molecule has 4 nitrogen and oxygen atoms in total. The average molecular weight is 338 g/mol. The van der Waals surface area contributed by atoms with E-state index in [2.05, 4.69) is 58.3 Å². The van der Waals surface area contributed by atoms with Crippen molar-refractivity contribution in [1.82, 2.24) is 9.80 Å². The number of benzene rings is 2. The second-order valence-corrected chi connectivity index (χ2v) is 6.79. The molecule has 2 aromatic carbocycles. The molecule has 0 saturated carbocycles. The molecule has 1 saturated heterocycles. The maximum absolute atomic E-state index is 8.77. The maximum atomic E-state index is 8.77. The molecular weight excluding hydrogens is 312 g/mol. The van der Waals surface area contributed by atoms with E-state index in [4.69, 9.17) is 9.84 Å². The number of fused-ring (bicyclic) bond motifs is 3. The van der Waals surface area contributed by atoms with Crippen LogP contribution in [0.3, 0.4) is 0 Å². The Morgan fingerprint density at radius 3 is 2.04 bits per heavy atom. The Balaban J connectivity index is 1.45. The molecule has 1 aliphatic heterocycles. The summed E-state index contributed by atoms with van der Waals surface area (Å²) in [6, 6.07) is 18.1. The first-order valence-corrected chi connectivity index (χ1v) is 9.21. The van der Waals surface area contributed by atoms with Gasteiger partial charge in [-0.15, -0.1) is 0 Å². The number of hydrogen-bond donors (Lipinski definition) is 1. The van der Waals surface area contributed by atoms with Gasteiger partial charge in [-0.25, -0.2) is 0 Å². The minimum Gasteiger partial charge on any atom is -0.394 e. The Labute approximate surface area is 149 Å². The van der Waals surface area contributed by atoms with Crippen LogP contribution < -0.4 is 0 Å². The first kappa shape index (κ1) is 16.7. The van der Waals surface area contributed by atoms with E-state index in [0.717, 1.165) is 32.7 Å². The molecule has 1 fully saturated rings. The topological polar surface area (TPSA) is 35.9 Å². The number of piperazine rings is 1. The number of nitrogens with zero attached hydrogens (tertiary/aromatic N) is 2. The van der Waals surface area contributed by atoms with E-state index in [1.165, 1.54) is 22.3 Å². The lowest BCUT2D eigenvalue weighted by Crippen LogP contribution is -2.48. The highest BCUT2D eigenvalue weighted by atomic mass is 16.5. The van der Waals surface area contributed by atoms with Crippen molar-refractivity contribution in [1.29, 1.82) is 0 Å². The van der Waals surface area contributed by atoms with Crippen LogP contribution in [-0.2, 0) is 4.74 Å². The predicted molar refractivity (Wildman–Crippen MR) is 99.6 cm³/mol. The molecule has 0 spiro atoms. The van der Waals surface area contributed by atoms with Gasteiger partial charge in [0.15, 0.2) is 0 Å². The zero-order chi connectivity index (χ0) is 17.1. The van der Waals surface area contributed by atoms with E-state index in [-0.39, 0.29) is 6.61 Å². The summed E-state index contributed by atoms with van der Waals surface area (Å²) in [4.78, 5) is 5.08. The van der Waals surface area contributed by atoms with E-state index < -0.39 is 0 Å². The molecule has 0 bridgehead atoms. The summed E-state index contributed by atoms with van der Waals surface area (Å²) in [5.41, 5.74) is 5.68. The molecule has 4 heteroatoms. The van der Waals surface area contributed by atoms with Crippen LogP contribution >= 0.6 is 0 Å². The number of aliphatic hydroxyl groups excluding tert-OH is 1. The molecule has 1 aliphatic carbocycles. The quantitative estimate of drug-likeness (QED) is 0.821. The molecule has 1 N–H and O–H groups in total. The second kappa shape index (κ2) is 7.67. The molecule has 0 radical (unpaired) electrons. The Kier molecular flexibility index (Phi) is 5.13. The van der Waals surface area contributed by atoms with Crippen molar-refractivity contribution in [2.24, 2.45) is 0 Å². The van der Waals surface area contributed by atoms with Gasteiger partial charge in [0, 0.05) is 32.7 Å². The molecule has 4 rings (SSSR count). The Morgan fingerprint density at radius 2 is 1.44 bits per heavy atom. The number of aliphatic hydroxyl groups is 1. The summed E-state index contributed by atoms with van der Waals surface area (Å²) in [5, 5.41) is 8.77. The first-order valence-electron chi connectivity index (χ1n) is 9.21. The summed E-state index contributed by atoms with van der Waals surface area (Å²) in [6.07, 6.45) is 0. The van der Waals surface area contributed by atoms with Crippen molar-refractivity contribution < 1.29 is 9.84 Å². The smallest absolute Gasteiger partial charge is 0.0698 e. The van der Waals surface area contributed by atoms with Crippen LogP contribution in [0.5, 0.6) is 0 Å². The number of ether oxygens (including phenoxy) is 1. The fourth-order valence-electron chi connectivity index (χ4n) is 4.13. The van der Waals surface area contributed by atoms with Gasteiger partial charge in [-0.1, -0.05) is 48.5 Å². The van der Waals surface area contributed by atoms with E-state index in [0.29, 0.717) is 19.3 Å². The van der Waals surface area contributed by atoms with E-state index in [1.807, 2.05) is 0 Å². The normalized spacial score (nSPS) is 18.3. The van der Waals surface area contributed by atoms with E-state index >= 15 is 0 Å². The molecule has 0 aromatic heterocycles. The van der Waals surface area contributed by atoms with Gasteiger partial charge >= 0.3 is 0 Å². The van der Waals surface area contributed by atoms with Crippen LogP contribution in [0.25, 0.3) is 11.1 Å².